The zero-order valence-corrected chi connectivity index (χ0v) is 17.4. The maximum Gasteiger partial charge on any atom is 0.277 e. The van der Waals surface area contributed by atoms with E-state index in [1.807, 2.05) is 12.1 Å². The largest absolute Gasteiger partial charge is 0.493 e. The Hall–Kier alpha value is -3.37. The SMILES string of the molecule is COc1cccc(CNCCNC(=O)c2nonc2N)c1OCc1ccc(F)cc1Cl. The topological polar surface area (TPSA) is 125 Å². The number of nitrogens with two attached hydrogens (primary N) is 1. The van der Waals surface area contributed by atoms with E-state index in [2.05, 4.69) is 25.6 Å². The second-order valence-corrected chi connectivity index (χ2v) is 6.81. The minimum Gasteiger partial charge on any atom is -0.493 e. The molecule has 164 valence electrons. The van der Waals surface area contributed by atoms with Crippen molar-refractivity contribution in [3.8, 4) is 11.5 Å². The van der Waals surface area contributed by atoms with Crippen LogP contribution in [0.15, 0.2) is 41.0 Å². The number of rotatable bonds is 10. The summed E-state index contributed by atoms with van der Waals surface area (Å²) in [4.78, 5) is 11.9. The summed E-state index contributed by atoms with van der Waals surface area (Å²) in [7, 11) is 1.55. The quantitative estimate of drug-likeness (QED) is 0.403. The molecule has 0 saturated carbocycles. The molecule has 11 heteroatoms. The molecule has 0 aliphatic heterocycles. The van der Waals surface area contributed by atoms with E-state index >= 15 is 0 Å². The van der Waals surface area contributed by atoms with Gasteiger partial charge in [-0.2, -0.15) is 0 Å². The predicted molar refractivity (Wildman–Crippen MR) is 111 cm³/mol. The molecule has 3 rings (SSSR count). The van der Waals surface area contributed by atoms with Crippen molar-refractivity contribution < 1.29 is 23.3 Å². The Labute approximate surface area is 182 Å². The Balaban J connectivity index is 1.56. The summed E-state index contributed by atoms with van der Waals surface area (Å²) < 4.78 is 29.0. The van der Waals surface area contributed by atoms with Crippen LogP contribution in [-0.4, -0.2) is 36.4 Å². The number of hydrogen-bond donors (Lipinski definition) is 3. The highest BCUT2D eigenvalue weighted by molar-refractivity contribution is 6.31. The van der Waals surface area contributed by atoms with E-state index in [1.54, 1.807) is 19.2 Å². The van der Waals surface area contributed by atoms with Crippen LogP contribution in [0.1, 0.15) is 21.6 Å². The lowest BCUT2D eigenvalue weighted by atomic mass is 10.1. The first-order chi connectivity index (χ1) is 15.0. The minimum absolute atomic E-state index is 0.0528. The highest BCUT2D eigenvalue weighted by Gasteiger charge is 2.15. The minimum atomic E-state index is -0.470. The first-order valence-corrected chi connectivity index (χ1v) is 9.67. The molecule has 31 heavy (non-hydrogen) atoms. The molecule has 0 fully saturated rings. The average Bonchev–Trinajstić information content (AvgIpc) is 3.19. The normalized spacial score (nSPS) is 10.7. The van der Waals surface area contributed by atoms with Crippen molar-refractivity contribution in [2.24, 2.45) is 0 Å². The van der Waals surface area contributed by atoms with Gasteiger partial charge in [0, 0.05) is 30.8 Å². The summed E-state index contributed by atoms with van der Waals surface area (Å²) in [5.74, 6) is 0.153. The van der Waals surface area contributed by atoms with Crippen molar-refractivity contribution in [1.82, 2.24) is 20.9 Å². The molecule has 0 spiro atoms. The highest BCUT2D eigenvalue weighted by atomic mass is 35.5. The van der Waals surface area contributed by atoms with E-state index in [4.69, 9.17) is 26.8 Å². The summed E-state index contributed by atoms with van der Waals surface area (Å²) in [5, 5.41) is 13.0. The van der Waals surface area contributed by atoms with Crippen molar-refractivity contribution in [2.45, 2.75) is 13.2 Å². The maximum absolute atomic E-state index is 13.2. The van der Waals surface area contributed by atoms with Crippen molar-refractivity contribution in [3.05, 3.63) is 64.1 Å². The second-order valence-electron chi connectivity index (χ2n) is 6.40. The second kappa shape index (κ2) is 10.6. The molecule has 2 aromatic carbocycles. The van der Waals surface area contributed by atoms with Gasteiger partial charge in [-0.1, -0.05) is 29.8 Å². The molecule has 1 amide bonds. The summed E-state index contributed by atoms with van der Waals surface area (Å²) in [6, 6.07) is 9.65. The van der Waals surface area contributed by atoms with Crippen LogP contribution >= 0.6 is 11.6 Å². The Bertz CT molecular complexity index is 1050. The van der Waals surface area contributed by atoms with Gasteiger partial charge in [0.2, 0.25) is 11.5 Å². The third-order valence-corrected chi connectivity index (χ3v) is 4.65. The molecule has 4 N–H and O–H groups in total. The number of benzene rings is 2. The molecule has 1 aromatic heterocycles. The van der Waals surface area contributed by atoms with E-state index in [9.17, 15) is 9.18 Å². The van der Waals surface area contributed by atoms with E-state index in [0.29, 0.717) is 36.7 Å². The number of carbonyl (C=O) groups is 1. The molecule has 1 heterocycles. The van der Waals surface area contributed by atoms with E-state index in [0.717, 1.165) is 5.56 Å². The Morgan fingerprint density at radius 2 is 2.06 bits per heavy atom. The van der Waals surface area contributed by atoms with Crippen molar-refractivity contribution in [3.63, 3.8) is 0 Å². The predicted octanol–water partition coefficient (Wildman–Crippen LogP) is 2.55. The van der Waals surface area contributed by atoms with Crippen LogP contribution in [-0.2, 0) is 13.2 Å². The van der Waals surface area contributed by atoms with Crippen LogP contribution in [0.5, 0.6) is 11.5 Å². The van der Waals surface area contributed by atoms with Crippen molar-refractivity contribution in [2.75, 3.05) is 25.9 Å². The van der Waals surface area contributed by atoms with Gasteiger partial charge >= 0.3 is 0 Å². The van der Waals surface area contributed by atoms with Crippen LogP contribution in [0.3, 0.4) is 0 Å². The number of aromatic nitrogens is 2. The number of para-hydroxylation sites is 1. The van der Waals surface area contributed by atoms with Crippen molar-refractivity contribution in [1.29, 1.82) is 0 Å². The fourth-order valence-corrected chi connectivity index (χ4v) is 2.96. The van der Waals surface area contributed by atoms with Crippen molar-refractivity contribution >= 4 is 23.3 Å². The first-order valence-electron chi connectivity index (χ1n) is 9.29. The van der Waals surface area contributed by atoms with E-state index in [1.165, 1.54) is 12.1 Å². The van der Waals surface area contributed by atoms with Crippen LogP contribution in [0.2, 0.25) is 5.02 Å². The van der Waals surface area contributed by atoms with Gasteiger partial charge in [0.05, 0.1) is 12.1 Å². The fourth-order valence-electron chi connectivity index (χ4n) is 2.74. The molecule has 0 unspecified atom stereocenters. The maximum atomic E-state index is 13.2. The summed E-state index contributed by atoms with van der Waals surface area (Å²) in [6.07, 6.45) is 0. The van der Waals surface area contributed by atoms with Gasteiger partial charge in [-0.25, -0.2) is 9.02 Å². The standard InChI is InChI=1S/C20H21ClFN5O4/c1-29-16-4-2-3-12(18(16)30-11-13-5-6-14(22)9-15(13)21)10-24-7-8-25-20(28)17-19(23)27-31-26-17/h2-6,9,24H,7-8,10-11H2,1H3,(H2,23,27)(H,25,28). The smallest absolute Gasteiger partial charge is 0.277 e. The molecule has 0 radical (unpaired) electrons. The Kier molecular flexibility index (Phi) is 7.63. The summed E-state index contributed by atoms with van der Waals surface area (Å²) in [5.41, 5.74) is 6.92. The number of methoxy groups -OCH3 is 1. The van der Waals surface area contributed by atoms with Crippen LogP contribution in [0.25, 0.3) is 0 Å². The Morgan fingerprint density at radius 3 is 2.77 bits per heavy atom. The van der Waals surface area contributed by atoms with Crippen LogP contribution in [0, 0.1) is 5.82 Å². The van der Waals surface area contributed by atoms with Gasteiger partial charge in [-0.15, -0.1) is 0 Å². The lowest BCUT2D eigenvalue weighted by Gasteiger charge is -2.16. The van der Waals surface area contributed by atoms with Crippen LogP contribution < -0.4 is 25.8 Å². The number of nitrogens with zero attached hydrogens (tertiary/aromatic N) is 2. The number of amides is 1. The van der Waals surface area contributed by atoms with E-state index in [-0.39, 0.29) is 23.1 Å². The number of anilines is 1. The number of halogens is 2. The molecular weight excluding hydrogens is 429 g/mol. The van der Waals surface area contributed by atoms with Gasteiger partial charge in [0.1, 0.15) is 12.4 Å². The van der Waals surface area contributed by atoms with E-state index < -0.39 is 11.7 Å². The third-order valence-electron chi connectivity index (χ3n) is 4.30. The number of hydrogen-bond acceptors (Lipinski definition) is 8. The lowest BCUT2D eigenvalue weighted by molar-refractivity contribution is 0.0944. The van der Waals surface area contributed by atoms with Gasteiger partial charge in [-0.3, -0.25) is 4.79 Å². The third kappa shape index (κ3) is 5.83. The molecule has 0 atom stereocenters. The molecule has 9 nitrogen and oxygen atoms in total. The first kappa shape index (κ1) is 22.3. The van der Waals surface area contributed by atoms with Gasteiger partial charge < -0.3 is 25.8 Å². The van der Waals surface area contributed by atoms with Gasteiger partial charge in [-0.05, 0) is 28.5 Å². The highest BCUT2D eigenvalue weighted by Crippen LogP contribution is 2.32. The lowest BCUT2D eigenvalue weighted by Crippen LogP contribution is -2.32. The zero-order valence-electron chi connectivity index (χ0n) is 16.7. The van der Waals surface area contributed by atoms with Gasteiger partial charge in [0.15, 0.2) is 11.5 Å². The number of ether oxygens (including phenoxy) is 2. The van der Waals surface area contributed by atoms with Crippen LogP contribution in [0.4, 0.5) is 10.2 Å². The Morgan fingerprint density at radius 1 is 1.23 bits per heavy atom. The summed E-state index contributed by atoms with van der Waals surface area (Å²) in [6.45, 7) is 1.40. The molecule has 0 aliphatic rings. The summed E-state index contributed by atoms with van der Waals surface area (Å²) >= 11 is 6.08. The molecule has 0 aliphatic carbocycles. The zero-order chi connectivity index (χ0) is 22.2. The number of carbonyl (C=O) groups excluding carboxylic acids is 1. The molecule has 0 bridgehead atoms. The molecule has 3 aromatic rings. The van der Waals surface area contributed by atoms with Gasteiger partial charge in [0.25, 0.3) is 5.91 Å². The average molecular weight is 450 g/mol. The monoisotopic (exact) mass is 449 g/mol. The fraction of sp³-hybridized carbons (Fsp3) is 0.250. The molecular formula is C20H21ClFN5O4. The molecule has 0 saturated heterocycles. The number of nitrogen functional groups attached to an aromatic ring is 1. The number of nitrogens with one attached hydrogen (secondary N) is 2.